The van der Waals surface area contributed by atoms with Crippen molar-refractivity contribution in [1.29, 1.82) is 0 Å². The summed E-state index contributed by atoms with van der Waals surface area (Å²) in [5.41, 5.74) is 0.392. The van der Waals surface area contributed by atoms with Crippen molar-refractivity contribution in [1.82, 2.24) is 10.2 Å². The van der Waals surface area contributed by atoms with Gasteiger partial charge >= 0.3 is 0 Å². The lowest BCUT2D eigenvalue weighted by Gasteiger charge is -2.41. The van der Waals surface area contributed by atoms with Crippen LogP contribution in [0.1, 0.15) is 52.9 Å². The average molecular weight is 268 g/mol. The number of hydrogen-bond acceptors (Lipinski definition) is 3. The van der Waals surface area contributed by atoms with Crippen LogP contribution in [0.2, 0.25) is 0 Å². The zero-order valence-electron chi connectivity index (χ0n) is 13.0. The molecule has 0 radical (unpaired) electrons. The second-order valence-electron chi connectivity index (χ2n) is 6.93. The van der Waals surface area contributed by atoms with Crippen LogP contribution in [0.3, 0.4) is 0 Å². The summed E-state index contributed by atoms with van der Waals surface area (Å²) in [6.07, 6.45) is 6.20. The lowest BCUT2D eigenvalue weighted by molar-refractivity contribution is 0.00769. The van der Waals surface area contributed by atoms with Crippen molar-refractivity contribution >= 4 is 0 Å². The minimum atomic E-state index is -0.128. The number of likely N-dealkylation sites (tertiary alicyclic amines) is 1. The van der Waals surface area contributed by atoms with Gasteiger partial charge in [-0.15, -0.1) is 0 Å². The molecule has 0 aromatic heterocycles. The molecule has 0 aromatic carbocycles. The maximum Gasteiger partial charge on any atom is 0.0693 e. The van der Waals surface area contributed by atoms with Gasteiger partial charge in [0.1, 0.15) is 0 Å². The third kappa shape index (κ3) is 4.17. The van der Waals surface area contributed by atoms with E-state index in [9.17, 15) is 5.11 Å². The second-order valence-corrected chi connectivity index (χ2v) is 6.93. The van der Waals surface area contributed by atoms with Crippen molar-refractivity contribution in [3.8, 4) is 0 Å². The molecule has 0 amide bonds. The van der Waals surface area contributed by atoms with Crippen LogP contribution in [0.15, 0.2) is 0 Å². The molecular formula is C16H32N2O. The van der Waals surface area contributed by atoms with Gasteiger partial charge in [-0.2, -0.15) is 0 Å². The smallest absolute Gasteiger partial charge is 0.0693 e. The summed E-state index contributed by atoms with van der Waals surface area (Å²) in [7, 11) is 0. The predicted molar refractivity (Wildman–Crippen MR) is 80.3 cm³/mol. The van der Waals surface area contributed by atoms with Gasteiger partial charge in [0.05, 0.1) is 6.10 Å². The molecule has 1 aliphatic heterocycles. The number of nitrogens with one attached hydrogen (secondary N) is 1. The Morgan fingerprint density at radius 3 is 2.42 bits per heavy atom. The SMILES string of the molecule is CCC(CC)(CNC1CC1)CN1CCC(C)C(O)C1. The molecule has 2 rings (SSSR count). The summed E-state index contributed by atoms with van der Waals surface area (Å²) in [6, 6.07) is 0.796. The molecule has 0 aromatic rings. The Morgan fingerprint density at radius 2 is 1.89 bits per heavy atom. The average Bonchev–Trinajstić information content (AvgIpc) is 3.23. The molecule has 19 heavy (non-hydrogen) atoms. The Labute approximate surface area is 118 Å². The Balaban J connectivity index is 1.87. The number of nitrogens with zero attached hydrogens (tertiary/aromatic N) is 1. The summed E-state index contributed by atoms with van der Waals surface area (Å²) in [5.74, 6) is 0.471. The van der Waals surface area contributed by atoms with E-state index in [1.54, 1.807) is 0 Å². The van der Waals surface area contributed by atoms with Crippen LogP contribution in [0.5, 0.6) is 0 Å². The van der Waals surface area contributed by atoms with Gasteiger partial charge in [0.15, 0.2) is 0 Å². The Bertz CT molecular complexity index is 274. The van der Waals surface area contributed by atoms with E-state index < -0.39 is 0 Å². The molecule has 2 atom stereocenters. The monoisotopic (exact) mass is 268 g/mol. The van der Waals surface area contributed by atoms with Gasteiger partial charge in [-0.3, -0.25) is 0 Å². The molecule has 1 saturated carbocycles. The number of β-amino-alcohol motifs (C(OH)–C–C–N with tert-alkyl or cyclic N) is 1. The first-order chi connectivity index (χ1) is 9.08. The molecule has 112 valence electrons. The van der Waals surface area contributed by atoms with E-state index in [0.717, 1.165) is 38.6 Å². The van der Waals surface area contributed by atoms with Crippen LogP contribution in [-0.4, -0.2) is 48.3 Å². The minimum Gasteiger partial charge on any atom is -0.392 e. The number of aliphatic hydroxyl groups is 1. The van der Waals surface area contributed by atoms with Crippen LogP contribution in [0.4, 0.5) is 0 Å². The molecule has 3 nitrogen and oxygen atoms in total. The quantitative estimate of drug-likeness (QED) is 0.743. The van der Waals surface area contributed by atoms with Crippen LogP contribution in [-0.2, 0) is 0 Å². The molecule has 2 unspecified atom stereocenters. The van der Waals surface area contributed by atoms with Crippen molar-refractivity contribution in [3.05, 3.63) is 0 Å². The van der Waals surface area contributed by atoms with Crippen molar-refractivity contribution < 1.29 is 5.11 Å². The van der Waals surface area contributed by atoms with Crippen LogP contribution in [0.25, 0.3) is 0 Å². The van der Waals surface area contributed by atoms with E-state index in [1.165, 1.54) is 25.7 Å². The zero-order chi connectivity index (χ0) is 13.9. The zero-order valence-corrected chi connectivity index (χ0v) is 13.0. The summed E-state index contributed by atoms with van der Waals surface area (Å²) in [6.45, 7) is 11.1. The number of hydrogen-bond donors (Lipinski definition) is 2. The lowest BCUT2D eigenvalue weighted by Crippen LogP contribution is -2.50. The van der Waals surface area contributed by atoms with Gasteiger partial charge in [-0.1, -0.05) is 20.8 Å². The van der Waals surface area contributed by atoms with Gasteiger partial charge in [0, 0.05) is 25.7 Å². The fraction of sp³-hybridized carbons (Fsp3) is 1.00. The number of rotatable bonds is 7. The van der Waals surface area contributed by atoms with E-state index in [1.807, 2.05) is 0 Å². The van der Waals surface area contributed by atoms with Crippen molar-refractivity contribution in [3.63, 3.8) is 0 Å². The lowest BCUT2D eigenvalue weighted by atomic mass is 9.80. The fourth-order valence-corrected chi connectivity index (χ4v) is 3.16. The number of aliphatic hydroxyl groups excluding tert-OH is 1. The summed E-state index contributed by atoms with van der Waals surface area (Å²) in [4.78, 5) is 2.49. The summed E-state index contributed by atoms with van der Waals surface area (Å²) >= 11 is 0. The molecule has 2 aliphatic rings. The third-order valence-electron chi connectivity index (χ3n) is 5.40. The van der Waals surface area contributed by atoms with E-state index in [-0.39, 0.29) is 6.10 Å². The normalized spacial score (nSPS) is 29.7. The predicted octanol–water partition coefficient (Wildman–Crippen LogP) is 2.25. The molecule has 2 fully saturated rings. The van der Waals surface area contributed by atoms with E-state index in [4.69, 9.17) is 0 Å². The van der Waals surface area contributed by atoms with Gasteiger partial charge in [0.25, 0.3) is 0 Å². The third-order valence-corrected chi connectivity index (χ3v) is 5.40. The van der Waals surface area contributed by atoms with Crippen molar-refractivity contribution in [2.24, 2.45) is 11.3 Å². The Morgan fingerprint density at radius 1 is 1.21 bits per heavy atom. The van der Waals surface area contributed by atoms with Gasteiger partial charge in [-0.25, -0.2) is 0 Å². The minimum absolute atomic E-state index is 0.128. The first-order valence-electron chi connectivity index (χ1n) is 8.22. The summed E-state index contributed by atoms with van der Waals surface area (Å²) < 4.78 is 0. The van der Waals surface area contributed by atoms with Crippen molar-refractivity contribution in [2.75, 3.05) is 26.2 Å². The fourth-order valence-electron chi connectivity index (χ4n) is 3.16. The molecule has 3 heteroatoms. The standard InChI is InChI=1S/C16H32N2O/c1-4-16(5-2,11-17-14-6-7-14)12-18-9-8-13(3)15(19)10-18/h13-15,17,19H,4-12H2,1-3H3. The Hall–Kier alpha value is -0.120. The highest BCUT2D eigenvalue weighted by Gasteiger charge is 2.34. The molecule has 1 heterocycles. The highest BCUT2D eigenvalue weighted by atomic mass is 16.3. The van der Waals surface area contributed by atoms with Crippen LogP contribution >= 0.6 is 0 Å². The maximum absolute atomic E-state index is 10.1. The molecule has 0 bridgehead atoms. The van der Waals surface area contributed by atoms with Crippen LogP contribution in [0, 0.1) is 11.3 Å². The van der Waals surface area contributed by atoms with Gasteiger partial charge in [0.2, 0.25) is 0 Å². The molecule has 1 saturated heterocycles. The highest BCUT2D eigenvalue weighted by molar-refractivity contribution is 4.90. The van der Waals surface area contributed by atoms with E-state index >= 15 is 0 Å². The second kappa shape index (κ2) is 6.55. The first kappa shape index (κ1) is 15.3. The largest absolute Gasteiger partial charge is 0.392 e. The van der Waals surface area contributed by atoms with Gasteiger partial charge in [-0.05, 0) is 50.0 Å². The van der Waals surface area contributed by atoms with E-state index in [0.29, 0.717) is 11.3 Å². The van der Waals surface area contributed by atoms with E-state index in [2.05, 4.69) is 31.0 Å². The maximum atomic E-state index is 10.1. The van der Waals surface area contributed by atoms with Gasteiger partial charge < -0.3 is 15.3 Å². The number of piperidine rings is 1. The molecule has 1 aliphatic carbocycles. The topological polar surface area (TPSA) is 35.5 Å². The Kier molecular flexibility index (Phi) is 5.27. The highest BCUT2D eigenvalue weighted by Crippen LogP contribution is 2.30. The molecule has 0 spiro atoms. The summed E-state index contributed by atoms with van der Waals surface area (Å²) in [5, 5.41) is 13.8. The van der Waals surface area contributed by atoms with Crippen molar-refractivity contribution in [2.45, 2.75) is 65.0 Å². The van der Waals surface area contributed by atoms with Crippen LogP contribution < -0.4 is 5.32 Å². The molecular weight excluding hydrogens is 236 g/mol. The molecule has 2 N–H and O–H groups in total. The first-order valence-corrected chi connectivity index (χ1v) is 8.22.